The van der Waals surface area contributed by atoms with Crippen LogP contribution in [0.5, 0.6) is 0 Å². The first-order chi connectivity index (χ1) is 6.63. The fourth-order valence-electron chi connectivity index (χ4n) is 0.864. The number of amides is 1. The van der Waals surface area contributed by atoms with E-state index in [0.29, 0.717) is 19.6 Å². The molecule has 1 amide bonds. The van der Waals surface area contributed by atoms with Gasteiger partial charge in [-0.15, -0.1) is 0 Å². The molecule has 1 unspecified atom stereocenters. The third-order valence-corrected chi connectivity index (χ3v) is 1.62. The lowest BCUT2D eigenvalue weighted by atomic mass is 10.1. The Balaban J connectivity index is 3.84. The smallest absolute Gasteiger partial charge is 0.244 e. The first-order valence-corrected chi connectivity index (χ1v) is 4.30. The molecule has 0 fully saturated rings. The van der Waals surface area contributed by atoms with Crippen molar-refractivity contribution in [2.75, 3.05) is 20.3 Å². The number of hydrogen-bond donors (Lipinski definition) is 1. The van der Waals surface area contributed by atoms with Gasteiger partial charge >= 0.3 is 0 Å². The van der Waals surface area contributed by atoms with Crippen molar-refractivity contribution in [2.45, 2.75) is 13.3 Å². The van der Waals surface area contributed by atoms with Crippen LogP contribution in [0.2, 0.25) is 0 Å². The monoisotopic (exact) mass is 198 g/mol. The molecule has 0 aliphatic carbocycles. The molecular formula is C9H14N2O3. The van der Waals surface area contributed by atoms with E-state index < -0.39 is 17.6 Å². The summed E-state index contributed by atoms with van der Waals surface area (Å²) in [6, 6.07) is 1.65. The van der Waals surface area contributed by atoms with E-state index in [1.54, 1.807) is 13.2 Å². The summed E-state index contributed by atoms with van der Waals surface area (Å²) in [4.78, 5) is 22.0. The molecule has 0 bridgehead atoms. The van der Waals surface area contributed by atoms with Crippen LogP contribution in [0.25, 0.3) is 0 Å². The summed E-state index contributed by atoms with van der Waals surface area (Å²) < 4.78 is 4.77. The second-order valence-corrected chi connectivity index (χ2v) is 2.81. The van der Waals surface area contributed by atoms with Crippen molar-refractivity contribution < 1.29 is 14.3 Å². The summed E-state index contributed by atoms with van der Waals surface area (Å²) in [5, 5.41) is 11.0. The maximum Gasteiger partial charge on any atom is 0.244 e. The number of ketones is 1. The second kappa shape index (κ2) is 7.04. The van der Waals surface area contributed by atoms with Gasteiger partial charge in [0.1, 0.15) is 0 Å². The zero-order valence-electron chi connectivity index (χ0n) is 8.37. The SMILES string of the molecule is COCCCNC(=O)C(C#N)C(C)=O. The molecule has 0 saturated heterocycles. The zero-order chi connectivity index (χ0) is 11.0. The van der Waals surface area contributed by atoms with Crippen LogP contribution in [0.4, 0.5) is 0 Å². The van der Waals surface area contributed by atoms with Crippen LogP contribution in [0.1, 0.15) is 13.3 Å². The lowest BCUT2D eigenvalue weighted by molar-refractivity contribution is -0.130. The molecule has 1 N–H and O–H groups in total. The van der Waals surface area contributed by atoms with Gasteiger partial charge in [-0.2, -0.15) is 5.26 Å². The maximum absolute atomic E-state index is 11.2. The van der Waals surface area contributed by atoms with Crippen molar-refractivity contribution in [2.24, 2.45) is 5.92 Å². The Bertz CT molecular complexity index is 245. The van der Waals surface area contributed by atoms with E-state index in [2.05, 4.69) is 5.32 Å². The second-order valence-electron chi connectivity index (χ2n) is 2.81. The molecule has 0 aromatic rings. The minimum absolute atomic E-state index is 0.415. The highest BCUT2D eigenvalue weighted by Crippen LogP contribution is 1.95. The highest BCUT2D eigenvalue weighted by molar-refractivity contribution is 6.02. The third-order valence-electron chi connectivity index (χ3n) is 1.62. The molecule has 0 radical (unpaired) electrons. The van der Waals surface area contributed by atoms with Gasteiger partial charge in [0, 0.05) is 20.3 Å². The highest BCUT2D eigenvalue weighted by atomic mass is 16.5. The summed E-state index contributed by atoms with van der Waals surface area (Å²) >= 11 is 0. The average molecular weight is 198 g/mol. The molecule has 5 heteroatoms. The minimum Gasteiger partial charge on any atom is -0.385 e. The number of methoxy groups -OCH3 is 1. The average Bonchev–Trinajstić information content (AvgIpc) is 2.13. The molecule has 5 nitrogen and oxygen atoms in total. The molecule has 0 spiro atoms. The molecule has 0 saturated carbocycles. The van der Waals surface area contributed by atoms with Crippen molar-refractivity contribution >= 4 is 11.7 Å². The molecule has 0 aliphatic rings. The van der Waals surface area contributed by atoms with E-state index in [1.165, 1.54) is 6.92 Å². The molecular weight excluding hydrogens is 184 g/mol. The number of nitriles is 1. The summed E-state index contributed by atoms with van der Waals surface area (Å²) in [6.07, 6.45) is 0.665. The Kier molecular flexibility index (Phi) is 6.33. The zero-order valence-corrected chi connectivity index (χ0v) is 8.37. The number of carbonyl (C=O) groups excluding carboxylic acids is 2. The Morgan fingerprint density at radius 1 is 1.57 bits per heavy atom. The molecule has 0 aliphatic heterocycles. The van der Waals surface area contributed by atoms with E-state index in [0.717, 1.165) is 0 Å². The lowest BCUT2D eigenvalue weighted by Gasteiger charge is -2.06. The van der Waals surface area contributed by atoms with Crippen LogP contribution in [-0.4, -0.2) is 32.0 Å². The fraction of sp³-hybridized carbons (Fsp3) is 0.667. The predicted octanol–water partition coefficient (Wildman–Crippen LogP) is -0.132. The van der Waals surface area contributed by atoms with Gasteiger partial charge in [0.15, 0.2) is 11.7 Å². The molecule has 0 aromatic heterocycles. The van der Waals surface area contributed by atoms with Gasteiger partial charge in [0.05, 0.1) is 6.07 Å². The van der Waals surface area contributed by atoms with E-state index in [9.17, 15) is 9.59 Å². The fourth-order valence-corrected chi connectivity index (χ4v) is 0.864. The number of ether oxygens (including phenoxy) is 1. The van der Waals surface area contributed by atoms with E-state index >= 15 is 0 Å². The van der Waals surface area contributed by atoms with Crippen LogP contribution in [-0.2, 0) is 14.3 Å². The van der Waals surface area contributed by atoms with E-state index in [-0.39, 0.29) is 0 Å². The Hall–Kier alpha value is -1.41. The minimum atomic E-state index is -1.18. The van der Waals surface area contributed by atoms with Gasteiger partial charge in [0.25, 0.3) is 0 Å². The van der Waals surface area contributed by atoms with Crippen molar-refractivity contribution in [3.63, 3.8) is 0 Å². The molecule has 0 heterocycles. The largest absolute Gasteiger partial charge is 0.385 e. The number of hydrogen-bond acceptors (Lipinski definition) is 4. The predicted molar refractivity (Wildman–Crippen MR) is 49.3 cm³/mol. The van der Waals surface area contributed by atoms with Gasteiger partial charge in [-0.3, -0.25) is 9.59 Å². The van der Waals surface area contributed by atoms with Gasteiger partial charge in [0.2, 0.25) is 5.91 Å². The standard InChI is InChI=1S/C9H14N2O3/c1-7(12)8(6-10)9(13)11-4-3-5-14-2/h8H,3-5H2,1-2H3,(H,11,13). The lowest BCUT2D eigenvalue weighted by Crippen LogP contribution is -2.34. The van der Waals surface area contributed by atoms with Gasteiger partial charge in [-0.25, -0.2) is 0 Å². The summed E-state index contributed by atoms with van der Waals surface area (Å²) in [6.45, 7) is 2.18. The number of carbonyl (C=O) groups is 2. The Morgan fingerprint density at radius 2 is 2.21 bits per heavy atom. The Morgan fingerprint density at radius 3 is 2.64 bits per heavy atom. The first-order valence-electron chi connectivity index (χ1n) is 4.30. The van der Waals surface area contributed by atoms with Crippen molar-refractivity contribution in [3.8, 4) is 6.07 Å². The molecule has 0 aromatic carbocycles. The van der Waals surface area contributed by atoms with E-state index in [4.69, 9.17) is 10.00 Å². The topological polar surface area (TPSA) is 79.2 Å². The highest BCUT2D eigenvalue weighted by Gasteiger charge is 2.21. The summed E-state index contributed by atoms with van der Waals surface area (Å²) in [5.41, 5.74) is 0. The Labute approximate surface area is 83.0 Å². The van der Waals surface area contributed by atoms with Crippen molar-refractivity contribution in [1.82, 2.24) is 5.32 Å². The van der Waals surface area contributed by atoms with Gasteiger partial charge < -0.3 is 10.1 Å². The molecule has 14 heavy (non-hydrogen) atoms. The van der Waals surface area contributed by atoms with E-state index in [1.807, 2.05) is 0 Å². The van der Waals surface area contributed by atoms with Gasteiger partial charge in [-0.05, 0) is 13.3 Å². The van der Waals surface area contributed by atoms with Gasteiger partial charge in [-0.1, -0.05) is 0 Å². The summed E-state index contributed by atoms with van der Waals surface area (Å²) in [7, 11) is 1.56. The maximum atomic E-state index is 11.2. The number of rotatable bonds is 6. The van der Waals surface area contributed by atoms with Crippen LogP contribution in [0.3, 0.4) is 0 Å². The molecule has 78 valence electrons. The first kappa shape index (κ1) is 12.6. The number of nitrogens with zero attached hydrogens (tertiary/aromatic N) is 1. The summed E-state index contributed by atoms with van der Waals surface area (Å²) in [5.74, 6) is -2.15. The number of Topliss-reactive ketones (excluding diaryl/α,β-unsaturated/α-hetero) is 1. The quantitative estimate of drug-likeness (QED) is 0.476. The van der Waals surface area contributed by atoms with Crippen molar-refractivity contribution in [1.29, 1.82) is 5.26 Å². The normalized spacial score (nSPS) is 11.5. The van der Waals surface area contributed by atoms with Crippen LogP contribution in [0, 0.1) is 17.2 Å². The molecule has 1 atom stereocenters. The third kappa shape index (κ3) is 4.58. The number of nitrogens with one attached hydrogen (secondary N) is 1. The van der Waals surface area contributed by atoms with Crippen molar-refractivity contribution in [3.05, 3.63) is 0 Å². The van der Waals surface area contributed by atoms with Crippen LogP contribution < -0.4 is 5.32 Å². The van der Waals surface area contributed by atoms with Crippen LogP contribution in [0.15, 0.2) is 0 Å². The van der Waals surface area contributed by atoms with Crippen LogP contribution >= 0.6 is 0 Å². The molecule has 0 rings (SSSR count).